The summed E-state index contributed by atoms with van der Waals surface area (Å²) in [5.74, 6) is 0. The summed E-state index contributed by atoms with van der Waals surface area (Å²) in [5, 5.41) is 5.98. The van der Waals surface area contributed by atoms with Crippen molar-refractivity contribution in [3.8, 4) is 10.6 Å². The van der Waals surface area contributed by atoms with Gasteiger partial charge in [-0.25, -0.2) is 9.78 Å². The highest BCUT2D eigenvalue weighted by molar-refractivity contribution is 7.13. The van der Waals surface area contributed by atoms with Crippen LogP contribution in [0.15, 0.2) is 54.0 Å². The molecule has 4 nitrogen and oxygen atoms in total. The molecule has 140 valence electrons. The van der Waals surface area contributed by atoms with Crippen molar-refractivity contribution in [2.45, 2.75) is 40.3 Å². The Morgan fingerprint density at radius 3 is 2.52 bits per heavy atom. The molecule has 0 aliphatic rings. The number of nitrogens with zero attached hydrogens (tertiary/aromatic N) is 2. The first-order chi connectivity index (χ1) is 12.9. The molecule has 0 saturated carbocycles. The molecule has 0 spiro atoms. The molecule has 0 atom stereocenters. The molecule has 0 aliphatic carbocycles. The zero-order valence-corrected chi connectivity index (χ0v) is 17.0. The van der Waals surface area contributed by atoms with Crippen LogP contribution in [0.3, 0.4) is 0 Å². The Morgan fingerprint density at radius 2 is 1.89 bits per heavy atom. The van der Waals surface area contributed by atoms with Gasteiger partial charge < -0.3 is 5.32 Å². The van der Waals surface area contributed by atoms with Gasteiger partial charge in [0.2, 0.25) is 0 Å². The van der Waals surface area contributed by atoms with Crippen LogP contribution in [0.2, 0.25) is 0 Å². The second-order valence-electron chi connectivity index (χ2n) is 7.07. The number of nitrogens with one attached hydrogen (secondary N) is 1. The predicted molar refractivity (Wildman–Crippen MR) is 113 cm³/mol. The molecule has 3 rings (SSSR count). The van der Waals surface area contributed by atoms with E-state index in [4.69, 9.17) is 0 Å². The lowest BCUT2D eigenvalue weighted by Crippen LogP contribution is -2.42. The Morgan fingerprint density at radius 1 is 1.15 bits per heavy atom. The fourth-order valence-electron chi connectivity index (χ4n) is 3.06. The van der Waals surface area contributed by atoms with Crippen LogP contribution >= 0.6 is 11.3 Å². The van der Waals surface area contributed by atoms with Crippen molar-refractivity contribution in [1.29, 1.82) is 0 Å². The van der Waals surface area contributed by atoms with E-state index in [2.05, 4.69) is 60.5 Å². The number of hydrogen-bond donors (Lipinski definition) is 1. The second kappa shape index (κ2) is 8.35. The van der Waals surface area contributed by atoms with Gasteiger partial charge in [-0.15, -0.1) is 11.3 Å². The van der Waals surface area contributed by atoms with Gasteiger partial charge in [0.05, 0.1) is 6.54 Å². The monoisotopic (exact) mass is 379 g/mol. The number of aryl methyl sites for hydroxylation is 2. The van der Waals surface area contributed by atoms with Crippen LogP contribution in [0.4, 0.5) is 10.5 Å². The lowest BCUT2D eigenvalue weighted by atomic mass is 10.1. The number of carbonyl (C=O) groups excluding carboxylic acids is 1. The van der Waals surface area contributed by atoms with E-state index in [1.807, 2.05) is 31.5 Å². The normalized spacial score (nSPS) is 10.9. The molecule has 0 saturated heterocycles. The maximum atomic E-state index is 12.9. The molecule has 0 radical (unpaired) electrons. The predicted octanol–water partition coefficient (Wildman–Crippen LogP) is 5.55. The van der Waals surface area contributed by atoms with Gasteiger partial charge in [0.25, 0.3) is 0 Å². The summed E-state index contributed by atoms with van der Waals surface area (Å²) in [6.45, 7) is 8.55. The van der Waals surface area contributed by atoms with E-state index < -0.39 is 0 Å². The number of benzene rings is 2. The van der Waals surface area contributed by atoms with Crippen molar-refractivity contribution >= 4 is 23.1 Å². The van der Waals surface area contributed by atoms with Gasteiger partial charge in [-0.05, 0) is 62.6 Å². The summed E-state index contributed by atoms with van der Waals surface area (Å²) in [4.78, 5) is 19.1. The Kier molecular flexibility index (Phi) is 5.91. The number of carbonyl (C=O) groups is 1. The largest absolute Gasteiger partial charge is 0.336 e. The van der Waals surface area contributed by atoms with Crippen molar-refractivity contribution < 1.29 is 4.79 Å². The third-order valence-corrected chi connectivity index (χ3v) is 4.94. The van der Waals surface area contributed by atoms with Gasteiger partial charge in [-0.2, -0.15) is 0 Å². The first kappa shape index (κ1) is 19.1. The van der Waals surface area contributed by atoms with Crippen LogP contribution in [-0.2, 0) is 6.54 Å². The van der Waals surface area contributed by atoms with Crippen LogP contribution in [0, 0.1) is 13.8 Å². The standard InChI is InChI=1S/C22H25N3OS/c1-15(2)24-22(26)25(20-11-16(3)10-17(4)12-20)14-18-6-5-7-19(13-18)21-23-8-9-27-21/h5-13,15H,14H2,1-4H3,(H,24,26). The lowest BCUT2D eigenvalue weighted by molar-refractivity contribution is 0.243. The minimum absolute atomic E-state index is 0.0764. The minimum Gasteiger partial charge on any atom is -0.336 e. The molecule has 0 fully saturated rings. The summed E-state index contributed by atoms with van der Waals surface area (Å²) < 4.78 is 0. The van der Waals surface area contributed by atoms with Crippen LogP contribution in [0.25, 0.3) is 10.6 Å². The highest BCUT2D eigenvalue weighted by atomic mass is 32.1. The second-order valence-corrected chi connectivity index (χ2v) is 7.97. The van der Waals surface area contributed by atoms with E-state index in [1.54, 1.807) is 16.2 Å². The fourth-order valence-corrected chi connectivity index (χ4v) is 3.70. The molecule has 2 amide bonds. The average molecular weight is 380 g/mol. The van der Waals surface area contributed by atoms with Gasteiger partial charge in [-0.3, -0.25) is 4.90 Å². The van der Waals surface area contributed by atoms with Crippen LogP contribution < -0.4 is 10.2 Å². The SMILES string of the molecule is Cc1cc(C)cc(N(Cc2cccc(-c3nccs3)c2)C(=O)NC(C)C)c1. The van der Waals surface area contributed by atoms with E-state index in [9.17, 15) is 4.79 Å². The van der Waals surface area contributed by atoms with E-state index >= 15 is 0 Å². The zero-order chi connectivity index (χ0) is 19.4. The highest BCUT2D eigenvalue weighted by Gasteiger charge is 2.18. The Balaban J connectivity index is 1.94. The van der Waals surface area contributed by atoms with Crippen molar-refractivity contribution in [2.75, 3.05) is 4.90 Å². The zero-order valence-electron chi connectivity index (χ0n) is 16.2. The summed E-state index contributed by atoms with van der Waals surface area (Å²) in [6, 6.07) is 14.4. The van der Waals surface area contributed by atoms with Crippen molar-refractivity contribution in [2.24, 2.45) is 0 Å². The van der Waals surface area contributed by atoms with Crippen molar-refractivity contribution in [1.82, 2.24) is 10.3 Å². The van der Waals surface area contributed by atoms with Gasteiger partial charge in [-0.1, -0.05) is 24.3 Å². The molecular formula is C22H25N3OS. The number of urea groups is 1. The third kappa shape index (κ3) is 4.95. The van der Waals surface area contributed by atoms with E-state index in [0.717, 1.165) is 32.9 Å². The van der Waals surface area contributed by atoms with E-state index in [1.165, 1.54) is 0 Å². The Labute approximate surface area is 164 Å². The number of thiazole rings is 1. The first-order valence-electron chi connectivity index (χ1n) is 9.07. The molecule has 1 N–H and O–H groups in total. The highest BCUT2D eigenvalue weighted by Crippen LogP contribution is 2.25. The molecule has 0 bridgehead atoms. The fraction of sp³-hybridized carbons (Fsp3) is 0.273. The van der Waals surface area contributed by atoms with Gasteiger partial charge in [0, 0.05) is 28.9 Å². The number of aromatic nitrogens is 1. The van der Waals surface area contributed by atoms with Gasteiger partial charge in [0.15, 0.2) is 0 Å². The Hall–Kier alpha value is -2.66. The average Bonchev–Trinajstić information content (AvgIpc) is 3.13. The first-order valence-corrected chi connectivity index (χ1v) is 9.95. The molecular weight excluding hydrogens is 354 g/mol. The molecule has 2 aromatic carbocycles. The van der Waals surface area contributed by atoms with E-state index in [0.29, 0.717) is 6.54 Å². The number of rotatable bonds is 5. The topological polar surface area (TPSA) is 45.2 Å². The summed E-state index contributed by atoms with van der Waals surface area (Å²) in [6.07, 6.45) is 1.81. The van der Waals surface area contributed by atoms with Crippen LogP contribution in [0.5, 0.6) is 0 Å². The molecule has 1 heterocycles. The van der Waals surface area contributed by atoms with Gasteiger partial charge >= 0.3 is 6.03 Å². The summed E-state index contributed by atoms with van der Waals surface area (Å²) in [7, 11) is 0. The smallest absolute Gasteiger partial charge is 0.322 e. The summed E-state index contributed by atoms with van der Waals surface area (Å²) in [5.41, 5.74) is 5.34. The molecule has 0 aliphatic heterocycles. The molecule has 27 heavy (non-hydrogen) atoms. The third-order valence-electron chi connectivity index (χ3n) is 4.12. The number of amides is 2. The van der Waals surface area contributed by atoms with Crippen molar-refractivity contribution in [3.05, 3.63) is 70.7 Å². The Bertz CT molecular complexity index is 899. The van der Waals surface area contributed by atoms with Gasteiger partial charge in [0.1, 0.15) is 5.01 Å². The van der Waals surface area contributed by atoms with E-state index in [-0.39, 0.29) is 12.1 Å². The maximum Gasteiger partial charge on any atom is 0.322 e. The quantitative estimate of drug-likeness (QED) is 0.631. The summed E-state index contributed by atoms with van der Waals surface area (Å²) >= 11 is 1.61. The molecule has 3 aromatic rings. The van der Waals surface area contributed by atoms with Crippen LogP contribution in [0.1, 0.15) is 30.5 Å². The molecule has 5 heteroatoms. The van der Waals surface area contributed by atoms with Crippen LogP contribution in [-0.4, -0.2) is 17.1 Å². The molecule has 0 unspecified atom stereocenters. The number of anilines is 1. The lowest BCUT2D eigenvalue weighted by Gasteiger charge is -2.25. The van der Waals surface area contributed by atoms with Crippen molar-refractivity contribution in [3.63, 3.8) is 0 Å². The maximum absolute atomic E-state index is 12.9. The minimum atomic E-state index is -0.0883. The molecule has 1 aromatic heterocycles. The number of hydrogen-bond acceptors (Lipinski definition) is 3.